The van der Waals surface area contributed by atoms with Crippen molar-refractivity contribution in [3.05, 3.63) is 119 Å². The number of ether oxygens (including phenoxy) is 1. The minimum absolute atomic E-state index is 0.00505. The first kappa shape index (κ1) is 29.1. The van der Waals surface area contributed by atoms with E-state index in [0.717, 1.165) is 54.5 Å². The van der Waals surface area contributed by atoms with Gasteiger partial charge in [0.25, 0.3) is 0 Å². The summed E-state index contributed by atoms with van der Waals surface area (Å²) in [6, 6.07) is 23.8. The summed E-state index contributed by atoms with van der Waals surface area (Å²) in [7, 11) is 1.73. The summed E-state index contributed by atoms with van der Waals surface area (Å²) in [5.74, 6) is 0.747. The molecule has 4 heteroatoms. The Morgan fingerprint density at radius 2 is 1.70 bits per heavy atom. The van der Waals surface area contributed by atoms with Crippen LogP contribution in [0.5, 0.6) is 5.75 Å². The first-order chi connectivity index (χ1) is 22.3. The maximum atomic E-state index is 16.4. The van der Waals surface area contributed by atoms with E-state index in [2.05, 4.69) is 123 Å². The van der Waals surface area contributed by atoms with Gasteiger partial charge in [-0.3, -0.25) is 0 Å². The van der Waals surface area contributed by atoms with Crippen molar-refractivity contribution >= 4 is 27.1 Å². The van der Waals surface area contributed by atoms with Crippen molar-refractivity contribution < 1.29 is 18.1 Å². The van der Waals surface area contributed by atoms with Gasteiger partial charge in [0, 0.05) is 34.6 Å². The van der Waals surface area contributed by atoms with Crippen molar-refractivity contribution in [2.75, 3.05) is 7.11 Å². The van der Waals surface area contributed by atoms with E-state index >= 15 is 4.39 Å². The number of aromatic nitrogens is 2. The van der Waals surface area contributed by atoms with Gasteiger partial charge in [-0.2, -0.15) is 8.97 Å². The Hall–Kier alpha value is -4.31. The summed E-state index contributed by atoms with van der Waals surface area (Å²) in [6.07, 6.45) is 12.0. The average Bonchev–Trinajstić information content (AvgIpc) is 3.08. The number of hydrogen-bond acceptors (Lipinski definition) is 1. The largest absolute Gasteiger partial charge is 0.497 e. The third kappa shape index (κ3) is 3.76. The highest BCUT2D eigenvalue weighted by molar-refractivity contribution is 6.02. The molecular formula is C42H43FN2O+2. The number of hydrogen-bond donors (Lipinski definition) is 0. The van der Waals surface area contributed by atoms with Crippen molar-refractivity contribution in [3.8, 4) is 17.0 Å². The van der Waals surface area contributed by atoms with Gasteiger partial charge < -0.3 is 4.74 Å². The fourth-order valence-corrected chi connectivity index (χ4v) is 9.18. The second kappa shape index (κ2) is 10.4. The zero-order valence-corrected chi connectivity index (χ0v) is 27.9. The number of methoxy groups -OCH3 is 1. The molecule has 232 valence electrons. The van der Waals surface area contributed by atoms with Gasteiger partial charge in [0.15, 0.2) is 24.6 Å². The van der Waals surface area contributed by atoms with Crippen molar-refractivity contribution in [2.24, 2.45) is 0 Å². The van der Waals surface area contributed by atoms with E-state index in [1.54, 1.807) is 13.2 Å². The molecule has 6 aromatic rings. The Balaban J connectivity index is 1.55. The lowest BCUT2D eigenvalue weighted by molar-refractivity contribution is -0.714. The number of aryl methyl sites for hydroxylation is 1. The van der Waals surface area contributed by atoms with Crippen LogP contribution in [0.2, 0.25) is 0 Å². The van der Waals surface area contributed by atoms with E-state index in [0.29, 0.717) is 0 Å². The monoisotopic (exact) mass is 610 g/mol. The maximum absolute atomic E-state index is 16.4. The lowest BCUT2D eigenvalue weighted by atomic mass is 9.59. The summed E-state index contributed by atoms with van der Waals surface area (Å²) < 4.78 is 26.9. The molecule has 8 rings (SSSR count). The van der Waals surface area contributed by atoms with Gasteiger partial charge in [-0.05, 0) is 78.1 Å². The molecule has 1 aliphatic heterocycles. The minimum Gasteiger partial charge on any atom is -0.497 e. The molecular weight excluding hydrogens is 567 g/mol. The molecule has 0 saturated heterocycles. The summed E-state index contributed by atoms with van der Waals surface area (Å²) in [6.45, 7) is 11.3. The van der Waals surface area contributed by atoms with Gasteiger partial charge in [0.05, 0.1) is 34.4 Å². The van der Waals surface area contributed by atoms with E-state index < -0.39 is 5.41 Å². The van der Waals surface area contributed by atoms with Crippen LogP contribution in [-0.2, 0) is 17.3 Å². The van der Waals surface area contributed by atoms with Crippen LogP contribution in [0.1, 0.15) is 94.2 Å². The standard InChI is InChI=1S/C42H43FN2O/c1-7-10-13-26-22-27-19-21-45-39-36(27)33(23-26)41(4,5)38-34(43)18-17-32(37(38)39)42(8-2,9-3)40(45)31-25-44-20-12-11-14-35(44)30-24-28(46-6)15-16-29(30)31/h11-12,14-25,40H,7-10,13H2,1-6H3/q+2. The minimum atomic E-state index is -0.468. The molecule has 4 heterocycles. The Morgan fingerprint density at radius 1 is 0.870 bits per heavy atom. The second-order valence-electron chi connectivity index (χ2n) is 14.0. The van der Waals surface area contributed by atoms with E-state index in [4.69, 9.17) is 4.74 Å². The van der Waals surface area contributed by atoms with Crippen LogP contribution in [0.25, 0.3) is 38.3 Å². The molecule has 1 atom stereocenters. The molecule has 0 radical (unpaired) electrons. The summed E-state index contributed by atoms with van der Waals surface area (Å²) in [4.78, 5) is 0. The van der Waals surface area contributed by atoms with Crippen LogP contribution in [0.3, 0.4) is 0 Å². The van der Waals surface area contributed by atoms with Crippen molar-refractivity contribution in [1.82, 2.24) is 0 Å². The third-order valence-electron chi connectivity index (χ3n) is 11.5. The molecule has 3 aromatic heterocycles. The fourth-order valence-electron chi connectivity index (χ4n) is 9.18. The normalized spacial score (nSPS) is 17.2. The van der Waals surface area contributed by atoms with E-state index in [1.165, 1.54) is 49.5 Å². The van der Waals surface area contributed by atoms with Crippen molar-refractivity contribution in [1.29, 1.82) is 0 Å². The predicted octanol–water partition coefficient (Wildman–Crippen LogP) is 9.48. The molecule has 2 aliphatic rings. The SMILES string of the molecule is CCCCc1cc2c3c4[n+](ccc3c1)C(c1c[n+]3ccccc3c3cc(OC)ccc13)C(CC)(CC)c1ccc(F)c(c1-4)C2(C)C. The smallest absolute Gasteiger partial charge is 0.221 e. The number of pyridine rings is 3. The van der Waals surface area contributed by atoms with Crippen LogP contribution in [0.15, 0.2) is 85.3 Å². The molecule has 46 heavy (non-hydrogen) atoms. The molecule has 3 aromatic carbocycles. The number of fused-ring (bicyclic) bond motifs is 3. The first-order valence-electron chi connectivity index (χ1n) is 17.0. The molecule has 0 saturated carbocycles. The van der Waals surface area contributed by atoms with Crippen LogP contribution in [0, 0.1) is 5.82 Å². The Kier molecular flexibility index (Phi) is 6.55. The molecule has 0 bridgehead atoms. The third-order valence-corrected chi connectivity index (χ3v) is 11.5. The topological polar surface area (TPSA) is 17.2 Å². The molecule has 0 amide bonds. The zero-order valence-electron chi connectivity index (χ0n) is 27.9. The summed E-state index contributed by atoms with van der Waals surface area (Å²) in [5, 5.41) is 4.92. The van der Waals surface area contributed by atoms with Gasteiger partial charge in [-0.1, -0.05) is 59.2 Å². The van der Waals surface area contributed by atoms with E-state index in [9.17, 15) is 0 Å². The van der Waals surface area contributed by atoms with E-state index in [1.807, 2.05) is 0 Å². The maximum Gasteiger partial charge on any atom is 0.221 e. The predicted molar refractivity (Wildman–Crippen MR) is 184 cm³/mol. The lowest BCUT2D eigenvalue weighted by Gasteiger charge is -2.45. The van der Waals surface area contributed by atoms with Gasteiger partial charge in [0.2, 0.25) is 11.2 Å². The quantitative estimate of drug-likeness (QED) is 0.130. The van der Waals surface area contributed by atoms with Gasteiger partial charge >= 0.3 is 0 Å². The summed E-state index contributed by atoms with van der Waals surface area (Å²) in [5.41, 5.74) is 8.68. The fraction of sp³-hybridized carbons (Fsp3) is 0.333. The Morgan fingerprint density at radius 3 is 2.46 bits per heavy atom. The van der Waals surface area contributed by atoms with Crippen LogP contribution in [-0.4, -0.2) is 7.11 Å². The number of benzene rings is 3. The Labute approximate surface area is 271 Å². The van der Waals surface area contributed by atoms with Crippen molar-refractivity contribution in [3.63, 3.8) is 0 Å². The number of halogens is 1. The lowest BCUT2D eigenvalue weighted by Crippen LogP contribution is -2.57. The molecule has 3 nitrogen and oxygen atoms in total. The Bertz CT molecular complexity index is 2210. The first-order valence-corrected chi connectivity index (χ1v) is 17.0. The highest BCUT2D eigenvalue weighted by atomic mass is 19.1. The van der Waals surface area contributed by atoms with Crippen molar-refractivity contribution in [2.45, 2.75) is 83.6 Å². The van der Waals surface area contributed by atoms with Gasteiger partial charge in [-0.25, -0.2) is 4.39 Å². The van der Waals surface area contributed by atoms with Crippen LogP contribution < -0.4 is 13.7 Å². The molecule has 1 unspecified atom stereocenters. The number of unbranched alkanes of at least 4 members (excludes halogenated alkanes) is 1. The number of nitrogens with zero attached hydrogens (tertiary/aromatic N) is 2. The molecule has 0 N–H and O–H groups in total. The number of rotatable bonds is 7. The van der Waals surface area contributed by atoms with Gasteiger partial charge in [-0.15, -0.1) is 0 Å². The van der Waals surface area contributed by atoms with Crippen LogP contribution >= 0.6 is 0 Å². The second-order valence-corrected chi connectivity index (χ2v) is 14.0. The summed E-state index contributed by atoms with van der Waals surface area (Å²) >= 11 is 0. The average molecular weight is 611 g/mol. The molecule has 0 spiro atoms. The molecule has 1 aliphatic carbocycles. The van der Waals surface area contributed by atoms with E-state index in [-0.39, 0.29) is 17.3 Å². The van der Waals surface area contributed by atoms with Gasteiger partial charge in [0.1, 0.15) is 11.6 Å². The van der Waals surface area contributed by atoms with Crippen LogP contribution in [0.4, 0.5) is 4.39 Å². The molecule has 0 fully saturated rings. The zero-order chi connectivity index (χ0) is 32.0. The highest BCUT2D eigenvalue weighted by Gasteiger charge is 2.56. The highest BCUT2D eigenvalue weighted by Crippen LogP contribution is 2.58.